The average Bonchev–Trinajstić information content (AvgIpc) is 2.96. The lowest BCUT2D eigenvalue weighted by atomic mass is 9.87. The summed E-state index contributed by atoms with van der Waals surface area (Å²) in [5, 5.41) is 12.1. The van der Waals surface area contributed by atoms with Crippen LogP contribution in [0.5, 0.6) is 0 Å². The van der Waals surface area contributed by atoms with Crippen molar-refractivity contribution in [3.63, 3.8) is 0 Å². The maximum absolute atomic E-state index is 12.1. The van der Waals surface area contributed by atoms with Crippen molar-refractivity contribution in [1.82, 2.24) is 5.32 Å². The van der Waals surface area contributed by atoms with Gasteiger partial charge in [0.2, 0.25) is 5.91 Å². The lowest BCUT2D eigenvalue weighted by Gasteiger charge is -2.19. The van der Waals surface area contributed by atoms with E-state index in [1.54, 1.807) is 6.92 Å². The number of carbonyl (C=O) groups excluding carboxylic acids is 2. The van der Waals surface area contributed by atoms with Crippen molar-refractivity contribution >= 4 is 11.9 Å². The number of nitrogens with one attached hydrogen (secondary N) is 1. The van der Waals surface area contributed by atoms with Gasteiger partial charge in [-0.15, -0.1) is 0 Å². The highest BCUT2D eigenvalue weighted by Crippen LogP contribution is 2.37. The number of carbonyl (C=O) groups is 2. The summed E-state index contributed by atoms with van der Waals surface area (Å²) < 4.78 is 4.85. The number of hydrogen-bond acceptors (Lipinski definition) is 4. The van der Waals surface area contributed by atoms with Crippen LogP contribution in [0.4, 0.5) is 0 Å². The molecule has 0 unspecified atom stereocenters. The normalized spacial score (nSPS) is 16.2. The monoisotopic (exact) mass is 294 g/mol. The maximum atomic E-state index is 12.1. The fourth-order valence-electron chi connectivity index (χ4n) is 2.72. The van der Waals surface area contributed by atoms with Gasteiger partial charge in [-0.25, -0.2) is 0 Å². The Labute approximate surface area is 127 Å². The summed E-state index contributed by atoms with van der Waals surface area (Å²) in [7, 11) is 0. The Morgan fingerprint density at radius 3 is 2.48 bits per heavy atom. The van der Waals surface area contributed by atoms with Gasteiger partial charge in [-0.2, -0.15) is 5.26 Å². The van der Waals surface area contributed by atoms with Crippen molar-refractivity contribution in [3.05, 3.63) is 0 Å². The van der Waals surface area contributed by atoms with Crippen molar-refractivity contribution in [2.24, 2.45) is 5.41 Å². The van der Waals surface area contributed by atoms with Crippen molar-refractivity contribution in [2.75, 3.05) is 13.2 Å². The molecule has 0 spiro atoms. The van der Waals surface area contributed by atoms with E-state index in [4.69, 9.17) is 4.74 Å². The summed E-state index contributed by atoms with van der Waals surface area (Å²) in [4.78, 5) is 23.2. The molecule has 5 nitrogen and oxygen atoms in total. The van der Waals surface area contributed by atoms with Gasteiger partial charge in [0.15, 0.2) is 0 Å². The highest BCUT2D eigenvalue weighted by molar-refractivity contribution is 5.85. The zero-order chi connectivity index (χ0) is 15.6. The predicted octanol–water partition coefficient (Wildman–Crippen LogP) is 2.70. The molecule has 0 aromatic heterocycles. The van der Waals surface area contributed by atoms with E-state index in [9.17, 15) is 14.9 Å². The Morgan fingerprint density at radius 1 is 1.19 bits per heavy atom. The van der Waals surface area contributed by atoms with Crippen molar-refractivity contribution in [1.29, 1.82) is 5.26 Å². The smallest absolute Gasteiger partial charge is 0.305 e. The number of hydrogen-bond donors (Lipinski definition) is 1. The Balaban J connectivity index is 2.05. The number of nitriles is 1. The highest BCUT2D eigenvalue weighted by Gasteiger charge is 2.41. The van der Waals surface area contributed by atoms with Crippen LogP contribution in [0.15, 0.2) is 0 Å². The molecule has 21 heavy (non-hydrogen) atoms. The first-order chi connectivity index (χ1) is 10.1. The van der Waals surface area contributed by atoms with Crippen LogP contribution in [-0.2, 0) is 14.3 Å². The molecule has 0 radical (unpaired) electrons. The first-order valence-electron chi connectivity index (χ1n) is 8.00. The second-order valence-corrected chi connectivity index (χ2v) is 5.63. The number of rotatable bonds is 9. The van der Waals surface area contributed by atoms with Crippen LogP contribution in [0.2, 0.25) is 0 Å². The summed E-state index contributed by atoms with van der Waals surface area (Å²) in [6.45, 7) is 2.85. The third-order valence-corrected chi connectivity index (χ3v) is 4.00. The van der Waals surface area contributed by atoms with Crippen molar-refractivity contribution < 1.29 is 14.3 Å². The fraction of sp³-hybridized carbons (Fsp3) is 0.812. The average molecular weight is 294 g/mol. The number of nitrogens with zero attached hydrogens (tertiary/aromatic N) is 1. The standard InChI is InChI=1S/C16H26N2O3/c1-2-21-14(19)9-5-3-4-8-12-18-15(20)16(13-17)10-6-7-11-16/h2-12H2,1H3,(H,18,20). The van der Waals surface area contributed by atoms with E-state index in [1.807, 2.05) is 0 Å². The van der Waals surface area contributed by atoms with E-state index in [0.29, 0.717) is 32.4 Å². The summed E-state index contributed by atoms with van der Waals surface area (Å²) in [6, 6.07) is 2.20. The van der Waals surface area contributed by atoms with Crippen LogP contribution in [0.25, 0.3) is 0 Å². The molecule has 0 aromatic carbocycles. The Bertz CT molecular complexity index is 381. The van der Waals surface area contributed by atoms with Gasteiger partial charge in [0, 0.05) is 13.0 Å². The van der Waals surface area contributed by atoms with E-state index in [2.05, 4.69) is 11.4 Å². The molecular weight excluding hydrogens is 268 g/mol. The molecular formula is C16H26N2O3. The van der Waals surface area contributed by atoms with Crippen molar-refractivity contribution in [2.45, 2.75) is 64.7 Å². The number of unbranched alkanes of at least 4 members (excludes halogenated alkanes) is 3. The van der Waals surface area contributed by atoms with Gasteiger partial charge in [0.25, 0.3) is 0 Å². The highest BCUT2D eigenvalue weighted by atomic mass is 16.5. The van der Waals surface area contributed by atoms with Crippen LogP contribution in [-0.4, -0.2) is 25.0 Å². The molecule has 118 valence electrons. The minimum Gasteiger partial charge on any atom is -0.466 e. The zero-order valence-corrected chi connectivity index (χ0v) is 13.0. The SMILES string of the molecule is CCOC(=O)CCCCCCNC(=O)C1(C#N)CCCC1. The van der Waals surface area contributed by atoms with E-state index in [-0.39, 0.29) is 11.9 Å². The quantitative estimate of drug-likeness (QED) is 0.524. The molecule has 5 heteroatoms. The second-order valence-electron chi connectivity index (χ2n) is 5.63. The van der Waals surface area contributed by atoms with Crippen LogP contribution in [0, 0.1) is 16.7 Å². The van der Waals surface area contributed by atoms with E-state index in [1.165, 1.54) is 0 Å². The molecule has 0 aromatic rings. The van der Waals surface area contributed by atoms with Gasteiger partial charge in [0.05, 0.1) is 12.7 Å². The third kappa shape index (κ3) is 5.74. The van der Waals surface area contributed by atoms with Gasteiger partial charge in [-0.3, -0.25) is 9.59 Å². The van der Waals surface area contributed by atoms with Gasteiger partial charge >= 0.3 is 5.97 Å². The molecule has 1 amide bonds. The first kappa shape index (κ1) is 17.5. The fourth-order valence-corrected chi connectivity index (χ4v) is 2.72. The third-order valence-electron chi connectivity index (χ3n) is 4.00. The molecule has 1 aliphatic carbocycles. The molecule has 0 saturated heterocycles. The molecule has 1 rings (SSSR count). The van der Waals surface area contributed by atoms with Gasteiger partial charge in [-0.1, -0.05) is 25.7 Å². The van der Waals surface area contributed by atoms with Gasteiger partial charge in [0.1, 0.15) is 5.41 Å². The predicted molar refractivity (Wildman–Crippen MR) is 79.2 cm³/mol. The topological polar surface area (TPSA) is 79.2 Å². The first-order valence-corrected chi connectivity index (χ1v) is 8.00. The molecule has 0 bridgehead atoms. The van der Waals surface area contributed by atoms with Crippen molar-refractivity contribution in [3.8, 4) is 6.07 Å². The molecule has 1 N–H and O–H groups in total. The number of amides is 1. The van der Waals surface area contributed by atoms with E-state index in [0.717, 1.165) is 38.5 Å². The van der Waals surface area contributed by atoms with Crippen LogP contribution in [0.3, 0.4) is 0 Å². The molecule has 0 aliphatic heterocycles. The van der Waals surface area contributed by atoms with Crippen LogP contribution < -0.4 is 5.32 Å². The summed E-state index contributed by atoms with van der Waals surface area (Å²) in [5.74, 6) is -0.239. The summed E-state index contributed by atoms with van der Waals surface area (Å²) in [5.41, 5.74) is -0.774. The lowest BCUT2D eigenvalue weighted by Crippen LogP contribution is -2.38. The second kappa shape index (κ2) is 9.38. The largest absolute Gasteiger partial charge is 0.466 e. The minimum absolute atomic E-state index is 0.103. The van der Waals surface area contributed by atoms with Crippen LogP contribution in [0.1, 0.15) is 64.7 Å². The van der Waals surface area contributed by atoms with Gasteiger partial charge in [-0.05, 0) is 32.6 Å². The Kier molecular flexibility index (Phi) is 7.81. The molecule has 1 saturated carbocycles. The summed E-state index contributed by atoms with van der Waals surface area (Å²) in [6.07, 6.45) is 7.42. The Hall–Kier alpha value is -1.57. The van der Waals surface area contributed by atoms with E-state index < -0.39 is 5.41 Å². The lowest BCUT2D eigenvalue weighted by molar-refractivity contribution is -0.143. The van der Waals surface area contributed by atoms with E-state index >= 15 is 0 Å². The van der Waals surface area contributed by atoms with Crippen LogP contribution >= 0.6 is 0 Å². The van der Waals surface area contributed by atoms with Gasteiger partial charge < -0.3 is 10.1 Å². The minimum atomic E-state index is -0.774. The molecule has 1 fully saturated rings. The zero-order valence-electron chi connectivity index (χ0n) is 13.0. The molecule has 0 heterocycles. The maximum Gasteiger partial charge on any atom is 0.305 e. The summed E-state index contributed by atoms with van der Waals surface area (Å²) >= 11 is 0. The number of esters is 1. The number of ether oxygens (including phenoxy) is 1. The molecule has 0 atom stereocenters. The molecule has 1 aliphatic rings. The Morgan fingerprint density at radius 2 is 1.86 bits per heavy atom.